The molecule has 0 fully saturated rings. The zero-order chi connectivity index (χ0) is 14.8. The lowest BCUT2D eigenvalue weighted by Gasteiger charge is -2.11. The smallest absolute Gasteiger partial charge is 0.0979 e. The van der Waals surface area contributed by atoms with Crippen molar-refractivity contribution in [1.29, 1.82) is 0 Å². The minimum Gasteiger partial charge on any atom is -0.382 e. The lowest BCUT2D eigenvalue weighted by atomic mass is 10.1. The Morgan fingerprint density at radius 1 is 1.00 bits per heavy atom. The van der Waals surface area contributed by atoms with Gasteiger partial charge in [-0.2, -0.15) is 0 Å². The Morgan fingerprint density at radius 3 is 2.33 bits per heavy atom. The topological polar surface area (TPSA) is 30.8 Å². The summed E-state index contributed by atoms with van der Waals surface area (Å²) in [6.45, 7) is 1.67. The number of rotatable bonds is 8. The van der Waals surface area contributed by atoms with Gasteiger partial charge >= 0.3 is 0 Å². The number of ether oxygens (including phenoxy) is 2. The van der Waals surface area contributed by atoms with Crippen molar-refractivity contribution in [3.05, 3.63) is 71.8 Å². The predicted octanol–water partition coefficient (Wildman–Crippen LogP) is 3.66. The number of hydrogen-bond donors (Lipinski definition) is 0. The normalized spacial score (nSPS) is 12.6. The quantitative estimate of drug-likeness (QED) is 0.547. The second-order valence-electron chi connectivity index (χ2n) is 4.71. The minimum absolute atomic E-state index is 0.0246. The molecule has 110 valence electrons. The first-order valence-electron chi connectivity index (χ1n) is 7.07. The van der Waals surface area contributed by atoms with Gasteiger partial charge in [0.15, 0.2) is 0 Å². The van der Waals surface area contributed by atoms with Gasteiger partial charge in [-0.1, -0.05) is 60.7 Å². The molecule has 0 aliphatic heterocycles. The standard InChI is InChI=1S/C18H21NO2/c1-20-15-18(17-10-6-3-7-11-17)19-12-13-21-14-16-8-4-2-5-9-16/h2-12,18H,13-15H2,1H3/t18-/m0/s1. The van der Waals surface area contributed by atoms with Gasteiger partial charge in [0.1, 0.15) is 0 Å². The molecule has 0 N–H and O–H groups in total. The van der Waals surface area contributed by atoms with Crippen molar-refractivity contribution in [2.24, 2.45) is 4.99 Å². The van der Waals surface area contributed by atoms with E-state index >= 15 is 0 Å². The van der Waals surface area contributed by atoms with Gasteiger partial charge in [0.25, 0.3) is 0 Å². The molecule has 0 unspecified atom stereocenters. The van der Waals surface area contributed by atoms with Gasteiger partial charge in [-0.05, 0) is 11.1 Å². The molecule has 2 rings (SSSR count). The van der Waals surface area contributed by atoms with Gasteiger partial charge in [0.2, 0.25) is 0 Å². The summed E-state index contributed by atoms with van der Waals surface area (Å²) in [6.07, 6.45) is 1.82. The largest absolute Gasteiger partial charge is 0.382 e. The van der Waals surface area contributed by atoms with Crippen LogP contribution in [-0.4, -0.2) is 26.5 Å². The van der Waals surface area contributed by atoms with Crippen molar-refractivity contribution in [3.8, 4) is 0 Å². The number of benzene rings is 2. The van der Waals surface area contributed by atoms with E-state index in [0.29, 0.717) is 19.8 Å². The lowest BCUT2D eigenvalue weighted by molar-refractivity contribution is 0.159. The van der Waals surface area contributed by atoms with Crippen molar-refractivity contribution in [2.75, 3.05) is 20.3 Å². The molecule has 0 saturated heterocycles. The molecule has 0 heterocycles. The van der Waals surface area contributed by atoms with Gasteiger partial charge in [-0.25, -0.2) is 0 Å². The van der Waals surface area contributed by atoms with Gasteiger partial charge < -0.3 is 9.47 Å². The van der Waals surface area contributed by atoms with Crippen molar-refractivity contribution in [2.45, 2.75) is 12.6 Å². The molecule has 0 saturated carbocycles. The van der Waals surface area contributed by atoms with Crippen LogP contribution < -0.4 is 0 Å². The molecule has 1 atom stereocenters. The number of methoxy groups -OCH3 is 1. The Balaban J connectivity index is 1.80. The molecule has 21 heavy (non-hydrogen) atoms. The van der Waals surface area contributed by atoms with Crippen LogP contribution in [0, 0.1) is 0 Å². The zero-order valence-electron chi connectivity index (χ0n) is 12.3. The van der Waals surface area contributed by atoms with E-state index in [1.54, 1.807) is 7.11 Å². The van der Waals surface area contributed by atoms with E-state index in [9.17, 15) is 0 Å². The summed E-state index contributed by atoms with van der Waals surface area (Å²) in [5.41, 5.74) is 2.32. The maximum absolute atomic E-state index is 5.59. The van der Waals surface area contributed by atoms with Crippen LogP contribution in [0.2, 0.25) is 0 Å². The molecule has 3 nitrogen and oxygen atoms in total. The zero-order valence-corrected chi connectivity index (χ0v) is 12.3. The predicted molar refractivity (Wildman–Crippen MR) is 85.6 cm³/mol. The van der Waals surface area contributed by atoms with Crippen molar-refractivity contribution in [3.63, 3.8) is 0 Å². The average molecular weight is 283 g/mol. The Hall–Kier alpha value is -1.97. The average Bonchev–Trinajstić information content (AvgIpc) is 2.55. The van der Waals surface area contributed by atoms with Gasteiger partial charge in [-0.15, -0.1) is 0 Å². The highest BCUT2D eigenvalue weighted by molar-refractivity contribution is 5.59. The third-order valence-electron chi connectivity index (χ3n) is 3.10. The molecular weight excluding hydrogens is 262 g/mol. The van der Waals surface area contributed by atoms with Crippen LogP contribution in [-0.2, 0) is 16.1 Å². The maximum atomic E-state index is 5.59. The third kappa shape index (κ3) is 5.50. The van der Waals surface area contributed by atoms with Crippen LogP contribution >= 0.6 is 0 Å². The van der Waals surface area contributed by atoms with Gasteiger partial charge in [0.05, 0.1) is 25.9 Å². The molecule has 0 amide bonds. The summed E-state index contributed by atoms with van der Waals surface area (Å²) >= 11 is 0. The summed E-state index contributed by atoms with van der Waals surface area (Å²) < 4.78 is 10.8. The van der Waals surface area contributed by atoms with Crippen LogP contribution in [0.25, 0.3) is 0 Å². The first-order valence-corrected chi connectivity index (χ1v) is 7.07. The molecule has 0 radical (unpaired) electrons. The Morgan fingerprint density at radius 2 is 1.67 bits per heavy atom. The molecule has 0 aromatic heterocycles. The van der Waals surface area contributed by atoms with E-state index in [1.807, 2.05) is 42.6 Å². The molecular formula is C18H21NO2. The van der Waals surface area contributed by atoms with Crippen LogP contribution in [0.4, 0.5) is 0 Å². The Kier molecular flexibility index (Phi) is 6.65. The van der Waals surface area contributed by atoms with E-state index in [4.69, 9.17) is 9.47 Å². The molecule has 2 aromatic rings. The maximum Gasteiger partial charge on any atom is 0.0979 e. The summed E-state index contributed by atoms with van der Waals surface area (Å²) in [7, 11) is 1.69. The van der Waals surface area contributed by atoms with Crippen molar-refractivity contribution in [1.82, 2.24) is 0 Å². The summed E-state index contributed by atoms with van der Waals surface area (Å²) in [5, 5.41) is 0. The van der Waals surface area contributed by atoms with E-state index in [0.717, 1.165) is 5.56 Å². The van der Waals surface area contributed by atoms with Gasteiger partial charge in [-0.3, -0.25) is 4.99 Å². The van der Waals surface area contributed by atoms with E-state index in [2.05, 4.69) is 29.3 Å². The molecule has 0 bridgehead atoms. The fraction of sp³-hybridized carbons (Fsp3) is 0.278. The molecule has 3 heteroatoms. The number of hydrogen-bond acceptors (Lipinski definition) is 3. The van der Waals surface area contributed by atoms with E-state index in [-0.39, 0.29) is 6.04 Å². The number of aliphatic imine (C=N–C) groups is 1. The molecule has 0 aliphatic rings. The second kappa shape index (κ2) is 9.06. The number of nitrogens with zero attached hydrogens (tertiary/aromatic N) is 1. The fourth-order valence-corrected chi connectivity index (χ4v) is 2.03. The fourth-order valence-electron chi connectivity index (χ4n) is 2.03. The van der Waals surface area contributed by atoms with Crippen LogP contribution in [0.5, 0.6) is 0 Å². The molecule has 2 aromatic carbocycles. The summed E-state index contributed by atoms with van der Waals surface area (Å²) in [5.74, 6) is 0. The Labute approximate surface area is 126 Å². The highest BCUT2D eigenvalue weighted by Crippen LogP contribution is 2.16. The molecule has 0 spiro atoms. The van der Waals surface area contributed by atoms with Crippen LogP contribution in [0.3, 0.4) is 0 Å². The SMILES string of the molecule is COC[C@H](N=CCOCc1ccccc1)c1ccccc1. The highest BCUT2D eigenvalue weighted by Gasteiger charge is 2.07. The summed E-state index contributed by atoms with van der Waals surface area (Å²) in [6, 6.07) is 20.3. The first-order chi connectivity index (χ1) is 10.4. The minimum atomic E-state index is 0.0246. The van der Waals surface area contributed by atoms with Gasteiger partial charge in [0, 0.05) is 13.3 Å². The highest BCUT2D eigenvalue weighted by atomic mass is 16.5. The van der Waals surface area contributed by atoms with Crippen LogP contribution in [0.15, 0.2) is 65.7 Å². The summed E-state index contributed by atoms with van der Waals surface area (Å²) in [4.78, 5) is 4.54. The monoisotopic (exact) mass is 283 g/mol. The third-order valence-corrected chi connectivity index (χ3v) is 3.10. The van der Waals surface area contributed by atoms with Crippen molar-refractivity contribution >= 4 is 6.21 Å². The Bertz CT molecular complexity index is 525. The van der Waals surface area contributed by atoms with E-state index < -0.39 is 0 Å². The lowest BCUT2D eigenvalue weighted by Crippen LogP contribution is -2.05. The van der Waals surface area contributed by atoms with E-state index in [1.165, 1.54) is 5.56 Å². The second-order valence-corrected chi connectivity index (χ2v) is 4.71. The van der Waals surface area contributed by atoms with Crippen molar-refractivity contribution < 1.29 is 9.47 Å². The van der Waals surface area contributed by atoms with Crippen LogP contribution in [0.1, 0.15) is 17.2 Å². The first kappa shape index (κ1) is 15.4. The molecule has 0 aliphatic carbocycles.